The number of halogens is 1. The summed E-state index contributed by atoms with van der Waals surface area (Å²) in [4.78, 5) is 30.0. The van der Waals surface area contributed by atoms with E-state index in [1.807, 2.05) is 63.3 Å². The number of nitrogens with one attached hydrogen (secondary N) is 1. The van der Waals surface area contributed by atoms with Crippen molar-refractivity contribution in [3.8, 4) is 0 Å². The normalized spacial score (nSPS) is 18.7. The highest BCUT2D eigenvalue weighted by Crippen LogP contribution is 2.44. The minimum atomic E-state index is -0.175. The summed E-state index contributed by atoms with van der Waals surface area (Å²) in [6.07, 6.45) is 1.61. The summed E-state index contributed by atoms with van der Waals surface area (Å²) in [5.41, 5.74) is 0.771. The second-order valence-corrected chi connectivity index (χ2v) is 9.88. The first-order valence-electron chi connectivity index (χ1n) is 8.89. The fourth-order valence-electron chi connectivity index (χ4n) is 3.66. The van der Waals surface area contributed by atoms with Crippen molar-refractivity contribution >= 4 is 56.7 Å². The van der Waals surface area contributed by atoms with Crippen LogP contribution in [0.2, 0.25) is 0 Å². The van der Waals surface area contributed by atoms with Gasteiger partial charge in [0.05, 0.1) is 15.4 Å². The number of thiophene rings is 1. The summed E-state index contributed by atoms with van der Waals surface area (Å²) < 4.78 is 0.867. The third-order valence-electron chi connectivity index (χ3n) is 5.10. The second kappa shape index (κ2) is 7.85. The summed E-state index contributed by atoms with van der Waals surface area (Å²) in [7, 11) is 0. The van der Waals surface area contributed by atoms with Gasteiger partial charge in [-0.3, -0.25) is 4.79 Å². The lowest BCUT2D eigenvalue weighted by Gasteiger charge is -2.43. The molecule has 3 amide bonds. The number of amides is 3. The number of piperidine rings is 1. The summed E-state index contributed by atoms with van der Waals surface area (Å²) in [6, 6.07) is 11.3. The Balaban J connectivity index is 1.41. The zero-order valence-electron chi connectivity index (χ0n) is 14.7. The predicted molar refractivity (Wildman–Crippen MR) is 115 cm³/mol. The number of benzene rings is 1. The first-order chi connectivity index (χ1) is 13.1. The summed E-state index contributed by atoms with van der Waals surface area (Å²) in [5.74, 6) is 1.08. The molecule has 0 bridgehead atoms. The highest BCUT2D eigenvalue weighted by Gasteiger charge is 2.47. The molecule has 3 heterocycles. The Morgan fingerprint density at radius 3 is 2.56 bits per heavy atom. The van der Waals surface area contributed by atoms with Crippen molar-refractivity contribution in [2.75, 3.05) is 30.7 Å². The number of hydrogen-bond acceptors (Lipinski definition) is 4. The van der Waals surface area contributed by atoms with Crippen molar-refractivity contribution in [3.63, 3.8) is 0 Å². The molecular weight excluding hydrogens is 446 g/mol. The Morgan fingerprint density at radius 2 is 1.85 bits per heavy atom. The zero-order chi connectivity index (χ0) is 18.9. The van der Waals surface area contributed by atoms with Crippen LogP contribution in [0.25, 0.3) is 0 Å². The Morgan fingerprint density at radius 1 is 1.07 bits per heavy atom. The third-order valence-corrected chi connectivity index (χ3v) is 8.20. The van der Waals surface area contributed by atoms with E-state index in [1.54, 1.807) is 0 Å². The Labute approximate surface area is 175 Å². The number of anilines is 1. The average molecular weight is 466 g/mol. The van der Waals surface area contributed by atoms with Crippen molar-refractivity contribution in [1.29, 1.82) is 0 Å². The van der Waals surface area contributed by atoms with E-state index in [0.717, 1.165) is 40.2 Å². The molecule has 0 saturated carbocycles. The van der Waals surface area contributed by atoms with Crippen LogP contribution in [-0.4, -0.2) is 52.0 Å². The zero-order valence-corrected chi connectivity index (χ0v) is 17.9. The Kier molecular flexibility index (Phi) is 5.48. The molecule has 0 radical (unpaired) electrons. The number of urea groups is 1. The largest absolute Gasteiger partial charge is 0.324 e. The Hall–Kier alpha value is -1.51. The van der Waals surface area contributed by atoms with Gasteiger partial charge in [-0.2, -0.15) is 0 Å². The van der Waals surface area contributed by atoms with Crippen molar-refractivity contribution in [2.45, 2.75) is 17.7 Å². The van der Waals surface area contributed by atoms with E-state index in [2.05, 4.69) is 21.2 Å². The van der Waals surface area contributed by atoms with Crippen LogP contribution < -0.4 is 5.32 Å². The monoisotopic (exact) mass is 465 g/mol. The van der Waals surface area contributed by atoms with Crippen molar-refractivity contribution in [2.24, 2.45) is 0 Å². The fourth-order valence-corrected chi connectivity index (χ4v) is 6.17. The number of hydrogen-bond donors (Lipinski definition) is 1. The van der Waals surface area contributed by atoms with Crippen LogP contribution in [0.1, 0.15) is 22.5 Å². The minimum Gasteiger partial charge on any atom is -0.324 e. The maximum absolute atomic E-state index is 12.9. The molecular formula is C19H20BrN3O2S2. The number of para-hydroxylation sites is 1. The molecule has 2 saturated heterocycles. The van der Waals surface area contributed by atoms with E-state index in [-0.39, 0.29) is 16.8 Å². The summed E-state index contributed by atoms with van der Waals surface area (Å²) in [6.45, 7) is 2.08. The summed E-state index contributed by atoms with van der Waals surface area (Å²) >= 11 is 6.82. The molecule has 0 aliphatic carbocycles. The molecule has 2 fully saturated rings. The fraction of sp³-hybridized carbons (Fsp3) is 0.368. The molecule has 0 unspecified atom stereocenters. The molecule has 1 aromatic heterocycles. The molecule has 8 heteroatoms. The van der Waals surface area contributed by atoms with E-state index in [1.165, 1.54) is 11.3 Å². The summed E-state index contributed by atoms with van der Waals surface area (Å²) in [5, 5.41) is 4.91. The van der Waals surface area contributed by atoms with Gasteiger partial charge in [0.1, 0.15) is 0 Å². The molecule has 0 atom stereocenters. The SMILES string of the molecule is O=C(Nc1ccccc1Br)N1CCC2(CC1)SCCN2C(=O)c1cccs1. The van der Waals surface area contributed by atoms with Crippen LogP contribution in [0.15, 0.2) is 46.3 Å². The second-order valence-electron chi connectivity index (χ2n) is 6.63. The Bertz CT molecular complexity index is 835. The number of carbonyl (C=O) groups excluding carboxylic acids is 2. The lowest BCUT2D eigenvalue weighted by Crippen LogP contribution is -2.54. The third kappa shape index (κ3) is 3.75. The average Bonchev–Trinajstić information content (AvgIpc) is 3.34. The molecule has 2 aromatic rings. The first kappa shape index (κ1) is 18.8. The molecule has 1 N–H and O–H groups in total. The molecule has 1 spiro atoms. The lowest BCUT2D eigenvalue weighted by atomic mass is 10.0. The standard InChI is InChI=1S/C19H20BrN3O2S2/c20-14-4-1-2-5-15(14)21-18(25)22-9-7-19(8-10-22)23(11-13-27-19)17(24)16-6-3-12-26-16/h1-6,12H,7-11,13H2,(H,21,25). The van der Waals surface area contributed by atoms with Crippen molar-refractivity contribution < 1.29 is 9.59 Å². The molecule has 1 aromatic carbocycles. The molecule has 2 aliphatic rings. The number of likely N-dealkylation sites (tertiary alicyclic amines) is 1. The van der Waals surface area contributed by atoms with Crippen LogP contribution in [0.3, 0.4) is 0 Å². The van der Waals surface area contributed by atoms with Gasteiger partial charge in [0.2, 0.25) is 0 Å². The van der Waals surface area contributed by atoms with E-state index < -0.39 is 0 Å². The highest BCUT2D eigenvalue weighted by molar-refractivity contribution is 9.10. The topological polar surface area (TPSA) is 52.7 Å². The molecule has 5 nitrogen and oxygen atoms in total. The van der Waals surface area contributed by atoms with Crippen LogP contribution in [0.4, 0.5) is 10.5 Å². The first-order valence-corrected chi connectivity index (χ1v) is 11.5. The lowest BCUT2D eigenvalue weighted by molar-refractivity contribution is 0.0590. The molecule has 27 heavy (non-hydrogen) atoms. The number of rotatable bonds is 2. The van der Waals surface area contributed by atoms with Gasteiger partial charge in [-0.1, -0.05) is 18.2 Å². The van der Waals surface area contributed by atoms with Gasteiger partial charge < -0.3 is 15.1 Å². The minimum absolute atomic E-state index is 0.0871. The van der Waals surface area contributed by atoms with Crippen LogP contribution >= 0.6 is 39.0 Å². The molecule has 2 aliphatic heterocycles. The maximum atomic E-state index is 12.9. The van der Waals surface area contributed by atoms with Gasteiger partial charge in [-0.05, 0) is 52.4 Å². The molecule has 4 rings (SSSR count). The maximum Gasteiger partial charge on any atom is 0.321 e. The van der Waals surface area contributed by atoms with Gasteiger partial charge in [0, 0.05) is 29.9 Å². The highest BCUT2D eigenvalue weighted by atomic mass is 79.9. The number of thioether (sulfide) groups is 1. The van der Waals surface area contributed by atoms with E-state index in [4.69, 9.17) is 0 Å². The van der Waals surface area contributed by atoms with Crippen LogP contribution in [0, 0.1) is 0 Å². The number of nitrogens with zero attached hydrogens (tertiary/aromatic N) is 2. The van der Waals surface area contributed by atoms with Gasteiger partial charge in [-0.15, -0.1) is 23.1 Å². The van der Waals surface area contributed by atoms with Gasteiger partial charge in [0.25, 0.3) is 5.91 Å². The van der Waals surface area contributed by atoms with Crippen LogP contribution in [0.5, 0.6) is 0 Å². The van der Waals surface area contributed by atoms with E-state index in [0.29, 0.717) is 13.1 Å². The van der Waals surface area contributed by atoms with Crippen molar-refractivity contribution in [3.05, 3.63) is 51.1 Å². The predicted octanol–water partition coefficient (Wildman–Crippen LogP) is 4.72. The quantitative estimate of drug-likeness (QED) is 0.697. The van der Waals surface area contributed by atoms with Gasteiger partial charge in [-0.25, -0.2) is 4.79 Å². The van der Waals surface area contributed by atoms with Gasteiger partial charge >= 0.3 is 6.03 Å². The van der Waals surface area contributed by atoms with E-state index in [9.17, 15) is 9.59 Å². The van der Waals surface area contributed by atoms with Crippen LogP contribution in [-0.2, 0) is 0 Å². The molecule has 142 valence electrons. The van der Waals surface area contributed by atoms with E-state index >= 15 is 0 Å². The van der Waals surface area contributed by atoms with Crippen molar-refractivity contribution in [1.82, 2.24) is 9.80 Å². The van der Waals surface area contributed by atoms with Gasteiger partial charge in [0.15, 0.2) is 0 Å². The smallest absolute Gasteiger partial charge is 0.321 e. The number of carbonyl (C=O) groups is 2.